The second kappa shape index (κ2) is 5.10. The van der Waals surface area contributed by atoms with Gasteiger partial charge in [0.15, 0.2) is 0 Å². The highest BCUT2D eigenvalue weighted by molar-refractivity contribution is 6.13. The number of rotatable bonds is 2. The van der Waals surface area contributed by atoms with Crippen LogP contribution in [0.4, 0.5) is 0 Å². The molecule has 19 heavy (non-hydrogen) atoms. The summed E-state index contributed by atoms with van der Waals surface area (Å²) >= 11 is 0. The predicted octanol–water partition coefficient (Wildman–Crippen LogP) is 2.72. The summed E-state index contributed by atoms with van der Waals surface area (Å²) in [7, 11) is 2.58. The Balaban J connectivity index is 2.88. The number of fused-ring (bicyclic) bond motifs is 1. The zero-order chi connectivity index (χ0) is 14.0. The first-order chi connectivity index (χ1) is 9.10. The van der Waals surface area contributed by atoms with E-state index in [0.717, 1.165) is 10.9 Å². The van der Waals surface area contributed by atoms with E-state index in [1.54, 1.807) is 12.1 Å². The van der Waals surface area contributed by atoms with E-state index in [0.29, 0.717) is 5.39 Å². The molecule has 0 heterocycles. The van der Waals surface area contributed by atoms with Crippen LogP contribution in [0.15, 0.2) is 30.3 Å². The van der Waals surface area contributed by atoms with Gasteiger partial charge < -0.3 is 9.47 Å². The Morgan fingerprint density at radius 2 is 1.53 bits per heavy atom. The number of benzene rings is 2. The van der Waals surface area contributed by atoms with Crippen molar-refractivity contribution in [3.8, 4) is 0 Å². The molecule has 4 nitrogen and oxygen atoms in total. The molecular weight excluding hydrogens is 244 g/mol. The van der Waals surface area contributed by atoms with Gasteiger partial charge >= 0.3 is 11.9 Å². The molecule has 0 N–H and O–H groups in total. The van der Waals surface area contributed by atoms with E-state index in [1.165, 1.54) is 14.2 Å². The van der Waals surface area contributed by atoms with E-state index in [4.69, 9.17) is 9.47 Å². The van der Waals surface area contributed by atoms with E-state index >= 15 is 0 Å². The van der Waals surface area contributed by atoms with Crippen LogP contribution in [0.25, 0.3) is 10.8 Å². The van der Waals surface area contributed by atoms with Crippen molar-refractivity contribution in [2.75, 3.05) is 14.2 Å². The van der Waals surface area contributed by atoms with Crippen LogP contribution in [0.2, 0.25) is 0 Å². The van der Waals surface area contributed by atoms with E-state index in [9.17, 15) is 9.59 Å². The lowest BCUT2D eigenvalue weighted by atomic mass is 9.95. The van der Waals surface area contributed by atoms with Crippen molar-refractivity contribution in [1.82, 2.24) is 0 Å². The molecule has 0 aliphatic rings. The Morgan fingerprint density at radius 3 is 2.11 bits per heavy atom. The highest BCUT2D eigenvalue weighted by Gasteiger charge is 2.22. The van der Waals surface area contributed by atoms with Gasteiger partial charge in [-0.05, 0) is 29.3 Å². The first-order valence-corrected chi connectivity index (χ1v) is 5.79. The summed E-state index contributed by atoms with van der Waals surface area (Å²) < 4.78 is 9.50. The van der Waals surface area contributed by atoms with Crippen LogP contribution >= 0.6 is 0 Å². The Morgan fingerprint density at radius 1 is 0.947 bits per heavy atom. The third-order valence-electron chi connectivity index (χ3n) is 3.05. The number of aryl methyl sites for hydroxylation is 1. The summed E-state index contributed by atoms with van der Waals surface area (Å²) in [6, 6.07) is 9.04. The van der Waals surface area contributed by atoms with Gasteiger partial charge in [-0.3, -0.25) is 0 Å². The summed E-state index contributed by atoms with van der Waals surface area (Å²) in [6.07, 6.45) is 0. The quantitative estimate of drug-likeness (QED) is 0.777. The van der Waals surface area contributed by atoms with Gasteiger partial charge in [0.1, 0.15) is 0 Å². The fraction of sp³-hybridized carbons (Fsp3) is 0.200. The highest BCUT2D eigenvalue weighted by atomic mass is 16.5. The largest absolute Gasteiger partial charge is 0.465 e. The van der Waals surface area contributed by atoms with Gasteiger partial charge in [-0.2, -0.15) is 0 Å². The molecule has 0 unspecified atom stereocenters. The number of methoxy groups -OCH3 is 2. The molecule has 0 aromatic heterocycles. The number of hydrogen-bond acceptors (Lipinski definition) is 4. The zero-order valence-corrected chi connectivity index (χ0v) is 11.0. The molecule has 2 aromatic rings. The fourth-order valence-electron chi connectivity index (χ4n) is 2.15. The fourth-order valence-corrected chi connectivity index (χ4v) is 2.15. The molecular formula is C15H14O4. The lowest BCUT2D eigenvalue weighted by molar-refractivity contribution is 0.0557. The SMILES string of the molecule is COC(=O)c1cc(C)c2ccccc2c1C(=O)OC. The average Bonchev–Trinajstić information content (AvgIpc) is 2.45. The Bertz CT molecular complexity index is 658. The molecule has 0 spiro atoms. The van der Waals surface area contributed by atoms with Crippen LogP contribution in [0.1, 0.15) is 26.3 Å². The third-order valence-corrected chi connectivity index (χ3v) is 3.05. The van der Waals surface area contributed by atoms with E-state index in [2.05, 4.69) is 0 Å². The van der Waals surface area contributed by atoms with Gasteiger partial charge in [0.25, 0.3) is 0 Å². The van der Waals surface area contributed by atoms with E-state index in [1.807, 2.05) is 25.1 Å². The summed E-state index contributed by atoms with van der Waals surface area (Å²) in [5, 5.41) is 1.60. The Kier molecular flexibility index (Phi) is 3.51. The van der Waals surface area contributed by atoms with Crippen molar-refractivity contribution >= 4 is 22.7 Å². The molecule has 0 saturated heterocycles. The molecule has 0 atom stereocenters. The molecule has 0 amide bonds. The molecule has 0 radical (unpaired) electrons. The highest BCUT2D eigenvalue weighted by Crippen LogP contribution is 2.27. The summed E-state index contributed by atoms with van der Waals surface area (Å²) in [6.45, 7) is 1.88. The average molecular weight is 258 g/mol. The summed E-state index contributed by atoms with van der Waals surface area (Å²) in [4.78, 5) is 23.8. The van der Waals surface area contributed by atoms with Crippen LogP contribution in [0, 0.1) is 6.92 Å². The number of esters is 2. The van der Waals surface area contributed by atoms with Crippen LogP contribution in [0.3, 0.4) is 0 Å². The molecule has 0 aliphatic carbocycles. The summed E-state index contributed by atoms with van der Waals surface area (Å²) in [5.41, 5.74) is 1.38. The van der Waals surface area contributed by atoms with Crippen molar-refractivity contribution in [2.24, 2.45) is 0 Å². The summed E-state index contributed by atoms with van der Waals surface area (Å²) in [5.74, 6) is -1.09. The van der Waals surface area contributed by atoms with E-state index < -0.39 is 11.9 Å². The maximum atomic E-state index is 11.9. The first-order valence-electron chi connectivity index (χ1n) is 5.79. The maximum absolute atomic E-state index is 11.9. The van der Waals surface area contributed by atoms with Crippen molar-refractivity contribution in [1.29, 1.82) is 0 Å². The maximum Gasteiger partial charge on any atom is 0.339 e. The molecule has 0 bridgehead atoms. The van der Waals surface area contributed by atoms with Gasteiger partial charge in [-0.25, -0.2) is 9.59 Å². The van der Waals surface area contributed by atoms with Crippen LogP contribution in [-0.4, -0.2) is 26.2 Å². The Labute approximate surface area is 110 Å². The minimum atomic E-state index is -0.547. The lowest BCUT2D eigenvalue weighted by Crippen LogP contribution is -2.13. The number of ether oxygens (including phenoxy) is 2. The first kappa shape index (κ1) is 13.1. The number of carbonyl (C=O) groups excluding carboxylic acids is 2. The minimum absolute atomic E-state index is 0.227. The second-order valence-corrected chi connectivity index (χ2v) is 4.14. The van der Waals surface area contributed by atoms with Crippen molar-refractivity contribution < 1.29 is 19.1 Å². The van der Waals surface area contributed by atoms with Crippen LogP contribution in [0.5, 0.6) is 0 Å². The second-order valence-electron chi connectivity index (χ2n) is 4.14. The minimum Gasteiger partial charge on any atom is -0.465 e. The monoisotopic (exact) mass is 258 g/mol. The third kappa shape index (κ3) is 2.17. The molecule has 98 valence electrons. The molecule has 0 aliphatic heterocycles. The van der Waals surface area contributed by atoms with Crippen molar-refractivity contribution in [3.63, 3.8) is 0 Å². The Hall–Kier alpha value is -2.36. The van der Waals surface area contributed by atoms with Gasteiger partial charge in [0.2, 0.25) is 0 Å². The van der Waals surface area contributed by atoms with E-state index in [-0.39, 0.29) is 11.1 Å². The van der Waals surface area contributed by atoms with Crippen molar-refractivity contribution in [2.45, 2.75) is 6.92 Å². The molecule has 0 saturated carbocycles. The lowest BCUT2D eigenvalue weighted by Gasteiger charge is -2.12. The van der Waals surface area contributed by atoms with Gasteiger partial charge in [-0.15, -0.1) is 0 Å². The van der Waals surface area contributed by atoms with Gasteiger partial charge in [0, 0.05) is 0 Å². The number of hydrogen-bond donors (Lipinski definition) is 0. The molecule has 4 heteroatoms. The van der Waals surface area contributed by atoms with Crippen molar-refractivity contribution in [3.05, 3.63) is 47.0 Å². The normalized spacial score (nSPS) is 10.3. The molecule has 0 fully saturated rings. The smallest absolute Gasteiger partial charge is 0.339 e. The van der Waals surface area contributed by atoms with Crippen LogP contribution in [-0.2, 0) is 9.47 Å². The zero-order valence-electron chi connectivity index (χ0n) is 11.0. The molecule has 2 rings (SSSR count). The predicted molar refractivity (Wildman–Crippen MR) is 71.4 cm³/mol. The van der Waals surface area contributed by atoms with Crippen LogP contribution < -0.4 is 0 Å². The number of carbonyl (C=O) groups is 2. The standard InChI is InChI=1S/C15H14O4/c1-9-8-12(14(16)18-2)13(15(17)19-3)11-7-5-4-6-10(9)11/h4-8H,1-3H3. The van der Waals surface area contributed by atoms with Gasteiger partial charge in [-0.1, -0.05) is 24.3 Å². The molecule has 2 aromatic carbocycles. The van der Waals surface area contributed by atoms with Gasteiger partial charge in [0.05, 0.1) is 25.3 Å². The topological polar surface area (TPSA) is 52.6 Å².